The highest BCUT2D eigenvalue weighted by Crippen LogP contribution is 2.34. The number of nitrogens with one attached hydrogen (secondary N) is 1. The molecule has 1 aromatic carbocycles. The third kappa shape index (κ3) is 3.48. The van der Waals surface area contributed by atoms with Gasteiger partial charge >= 0.3 is 0 Å². The van der Waals surface area contributed by atoms with Crippen LogP contribution in [0.25, 0.3) is 0 Å². The van der Waals surface area contributed by atoms with E-state index in [1.807, 2.05) is 25.1 Å². The number of carbonyl (C=O) groups is 1. The van der Waals surface area contributed by atoms with Crippen LogP contribution in [0.3, 0.4) is 0 Å². The van der Waals surface area contributed by atoms with Crippen molar-refractivity contribution < 1.29 is 14.3 Å². The molecule has 7 heteroatoms. The van der Waals surface area contributed by atoms with Gasteiger partial charge in [-0.25, -0.2) is 9.97 Å². The number of aromatic nitrogens is 2. The number of amides is 1. The highest BCUT2D eigenvalue weighted by atomic mass is 32.2. The topological polar surface area (TPSA) is 73.3 Å². The number of hydrogen-bond acceptors (Lipinski definition) is 6. The average molecular weight is 317 g/mol. The molecule has 2 aromatic rings. The van der Waals surface area contributed by atoms with Crippen LogP contribution in [0.4, 0.5) is 0 Å². The van der Waals surface area contributed by atoms with Crippen LogP contribution in [-0.2, 0) is 4.79 Å². The van der Waals surface area contributed by atoms with Gasteiger partial charge in [-0.15, -0.1) is 0 Å². The van der Waals surface area contributed by atoms with Gasteiger partial charge < -0.3 is 14.8 Å². The van der Waals surface area contributed by atoms with Gasteiger partial charge in [-0.2, -0.15) is 0 Å². The van der Waals surface area contributed by atoms with Gasteiger partial charge in [0.25, 0.3) is 0 Å². The van der Waals surface area contributed by atoms with E-state index in [2.05, 4.69) is 15.3 Å². The summed E-state index contributed by atoms with van der Waals surface area (Å²) in [6, 6.07) is 7.30. The molecule has 0 saturated carbocycles. The van der Waals surface area contributed by atoms with Gasteiger partial charge in [0.1, 0.15) is 0 Å². The minimum Gasteiger partial charge on any atom is -0.454 e. The van der Waals surface area contributed by atoms with Crippen molar-refractivity contribution in [1.82, 2.24) is 15.3 Å². The first-order valence-corrected chi connectivity index (χ1v) is 7.79. The van der Waals surface area contributed by atoms with Crippen LogP contribution in [0.2, 0.25) is 0 Å². The lowest BCUT2D eigenvalue weighted by Crippen LogP contribution is -2.28. The molecule has 0 aliphatic carbocycles. The van der Waals surface area contributed by atoms with E-state index in [0.29, 0.717) is 10.9 Å². The number of fused-ring (bicyclic) bond motifs is 1. The Hall–Kier alpha value is -2.28. The van der Waals surface area contributed by atoms with Crippen LogP contribution in [-0.4, -0.2) is 28.4 Å². The number of carbonyl (C=O) groups excluding carboxylic acids is 1. The second-order valence-electron chi connectivity index (χ2n) is 4.72. The molecule has 0 spiro atoms. The van der Waals surface area contributed by atoms with E-state index < -0.39 is 0 Å². The van der Waals surface area contributed by atoms with Crippen LogP contribution >= 0.6 is 11.8 Å². The van der Waals surface area contributed by atoms with Crippen LogP contribution in [0, 0.1) is 0 Å². The Kier molecular flexibility index (Phi) is 4.43. The molecule has 114 valence electrons. The predicted octanol–water partition coefficient (Wildman–Crippen LogP) is 2.17. The van der Waals surface area contributed by atoms with Crippen LogP contribution in [0.15, 0.2) is 41.8 Å². The van der Waals surface area contributed by atoms with Crippen LogP contribution in [0.5, 0.6) is 11.5 Å². The van der Waals surface area contributed by atoms with E-state index in [9.17, 15) is 4.79 Å². The second-order valence-corrected chi connectivity index (χ2v) is 5.66. The summed E-state index contributed by atoms with van der Waals surface area (Å²) in [5, 5.41) is 3.54. The number of hydrogen-bond donors (Lipinski definition) is 1. The summed E-state index contributed by atoms with van der Waals surface area (Å²) in [6.07, 6.45) is 3.31. The van der Waals surface area contributed by atoms with Crippen LogP contribution < -0.4 is 14.8 Å². The van der Waals surface area contributed by atoms with E-state index in [4.69, 9.17) is 9.47 Å². The summed E-state index contributed by atoms with van der Waals surface area (Å²) >= 11 is 1.31. The molecule has 3 rings (SSSR count). The maximum absolute atomic E-state index is 12.0. The van der Waals surface area contributed by atoms with Crippen molar-refractivity contribution in [2.24, 2.45) is 0 Å². The molecule has 0 radical (unpaired) electrons. The smallest absolute Gasteiger partial charge is 0.231 e. The van der Waals surface area contributed by atoms with Crippen molar-refractivity contribution in [3.05, 3.63) is 42.2 Å². The zero-order valence-corrected chi connectivity index (χ0v) is 12.8. The van der Waals surface area contributed by atoms with Gasteiger partial charge in [0.05, 0.1) is 11.8 Å². The first-order chi connectivity index (χ1) is 10.7. The molecule has 0 fully saturated rings. The maximum atomic E-state index is 12.0. The summed E-state index contributed by atoms with van der Waals surface area (Å²) in [5.74, 6) is 1.66. The summed E-state index contributed by atoms with van der Waals surface area (Å²) in [7, 11) is 0. The number of benzene rings is 1. The minimum atomic E-state index is -0.112. The van der Waals surface area contributed by atoms with E-state index in [-0.39, 0.29) is 24.5 Å². The third-order valence-corrected chi connectivity index (χ3v) is 4.02. The molecule has 1 aromatic heterocycles. The molecular weight excluding hydrogens is 302 g/mol. The Bertz CT molecular complexity index is 666. The van der Waals surface area contributed by atoms with Crippen molar-refractivity contribution in [2.45, 2.75) is 18.1 Å². The van der Waals surface area contributed by atoms with Crippen molar-refractivity contribution >= 4 is 17.7 Å². The zero-order valence-electron chi connectivity index (χ0n) is 12.0. The molecule has 6 nitrogen and oxygen atoms in total. The van der Waals surface area contributed by atoms with Crippen molar-refractivity contribution in [2.75, 3.05) is 12.5 Å². The normalized spacial score (nSPS) is 13.7. The predicted molar refractivity (Wildman–Crippen MR) is 81.9 cm³/mol. The van der Waals surface area contributed by atoms with E-state index in [0.717, 1.165) is 11.3 Å². The fourth-order valence-corrected chi connectivity index (χ4v) is 2.65. The number of thioether (sulfide) groups is 1. The molecule has 0 saturated heterocycles. The Morgan fingerprint density at radius 3 is 2.91 bits per heavy atom. The van der Waals surface area contributed by atoms with E-state index in [1.165, 1.54) is 11.8 Å². The molecule has 1 atom stereocenters. The Balaban J connectivity index is 1.55. The van der Waals surface area contributed by atoms with Gasteiger partial charge in [-0.05, 0) is 30.7 Å². The molecule has 1 aliphatic heterocycles. The zero-order chi connectivity index (χ0) is 15.4. The molecule has 0 bridgehead atoms. The molecular formula is C15H15N3O3S. The van der Waals surface area contributed by atoms with E-state index in [1.54, 1.807) is 18.5 Å². The fourth-order valence-electron chi connectivity index (χ4n) is 2.04. The largest absolute Gasteiger partial charge is 0.454 e. The first-order valence-electron chi connectivity index (χ1n) is 6.81. The van der Waals surface area contributed by atoms with Gasteiger partial charge in [0.15, 0.2) is 16.7 Å². The molecule has 22 heavy (non-hydrogen) atoms. The summed E-state index contributed by atoms with van der Waals surface area (Å²) in [5.41, 5.74) is 0.971. The SMILES string of the molecule is C[C@@H](NC(=O)CSc1ncccn1)c1ccc2c(c1)OCO2. The maximum Gasteiger partial charge on any atom is 0.231 e. The highest BCUT2D eigenvalue weighted by molar-refractivity contribution is 7.99. The second kappa shape index (κ2) is 6.65. The van der Waals surface area contributed by atoms with E-state index >= 15 is 0 Å². The van der Waals surface area contributed by atoms with Gasteiger partial charge in [0, 0.05) is 12.4 Å². The van der Waals surface area contributed by atoms with Crippen molar-refractivity contribution in [3.8, 4) is 11.5 Å². The number of ether oxygens (including phenoxy) is 2. The van der Waals surface area contributed by atoms with Crippen LogP contribution in [0.1, 0.15) is 18.5 Å². The molecule has 2 heterocycles. The monoisotopic (exact) mass is 317 g/mol. The van der Waals surface area contributed by atoms with Crippen molar-refractivity contribution in [1.29, 1.82) is 0 Å². The molecule has 0 unspecified atom stereocenters. The lowest BCUT2D eigenvalue weighted by atomic mass is 10.1. The Morgan fingerprint density at radius 1 is 1.32 bits per heavy atom. The fraction of sp³-hybridized carbons (Fsp3) is 0.267. The van der Waals surface area contributed by atoms with Gasteiger partial charge in [0.2, 0.25) is 12.7 Å². The summed E-state index contributed by atoms with van der Waals surface area (Å²) in [6.45, 7) is 2.17. The van der Waals surface area contributed by atoms with Crippen molar-refractivity contribution in [3.63, 3.8) is 0 Å². The Labute approximate surface area is 132 Å². The number of rotatable bonds is 5. The standard InChI is InChI=1S/C15H15N3O3S/c1-10(11-3-4-12-13(7-11)21-9-20-12)18-14(19)8-22-15-16-5-2-6-17-15/h2-7,10H,8-9H2,1H3,(H,18,19)/t10-/m1/s1. The minimum absolute atomic E-state index is 0.0670. The lowest BCUT2D eigenvalue weighted by Gasteiger charge is -2.14. The highest BCUT2D eigenvalue weighted by Gasteiger charge is 2.17. The Morgan fingerprint density at radius 2 is 2.09 bits per heavy atom. The third-order valence-electron chi connectivity index (χ3n) is 3.15. The molecule has 1 aliphatic rings. The summed E-state index contributed by atoms with van der Waals surface area (Å²) in [4.78, 5) is 20.1. The number of nitrogens with zero attached hydrogens (tertiary/aromatic N) is 2. The van der Waals surface area contributed by atoms with Gasteiger partial charge in [-0.3, -0.25) is 4.79 Å². The lowest BCUT2D eigenvalue weighted by molar-refractivity contribution is -0.119. The molecule has 1 N–H and O–H groups in total. The average Bonchev–Trinajstić information content (AvgIpc) is 3.01. The quantitative estimate of drug-likeness (QED) is 0.673. The van der Waals surface area contributed by atoms with Gasteiger partial charge in [-0.1, -0.05) is 17.8 Å². The summed E-state index contributed by atoms with van der Waals surface area (Å²) < 4.78 is 10.6. The molecule has 1 amide bonds. The first kappa shape index (κ1) is 14.6.